The standard InChI is InChI=1S/C18H23N3O3S/c1-25(23,24)21(15-17-7-11-19-12-8-17)14-10-18(22)20-13-9-16-5-3-2-4-6-16/h2-8,11-12H,9-10,13-15H2,1H3,(H,20,22). The Morgan fingerprint density at radius 2 is 1.76 bits per heavy atom. The van der Waals surface area contributed by atoms with Gasteiger partial charge in [-0.15, -0.1) is 0 Å². The zero-order valence-corrected chi connectivity index (χ0v) is 15.1. The number of carbonyl (C=O) groups is 1. The molecule has 134 valence electrons. The molecule has 0 bridgehead atoms. The first-order valence-electron chi connectivity index (χ1n) is 8.10. The average Bonchev–Trinajstić information content (AvgIpc) is 2.59. The first-order chi connectivity index (χ1) is 11.9. The van der Waals surface area contributed by atoms with Crippen molar-refractivity contribution in [3.8, 4) is 0 Å². The summed E-state index contributed by atoms with van der Waals surface area (Å²) in [6.07, 6.45) is 5.27. The SMILES string of the molecule is CS(=O)(=O)N(CCC(=O)NCCc1ccccc1)Cc1ccncc1. The van der Waals surface area contributed by atoms with Gasteiger partial charge in [0.15, 0.2) is 0 Å². The number of nitrogens with zero attached hydrogens (tertiary/aromatic N) is 2. The van der Waals surface area contributed by atoms with E-state index in [1.54, 1.807) is 24.5 Å². The Balaban J connectivity index is 1.80. The van der Waals surface area contributed by atoms with Crippen LogP contribution in [0.25, 0.3) is 0 Å². The van der Waals surface area contributed by atoms with Gasteiger partial charge in [-0.3, -0.25) is 9.78 Å². The lowest BCUT2D eigenvalue weighted by atomic mass is 10.1. The van der Waals surface area contributed by atoms with E-state index in [9.17, 15) is 13.2 Å². The van der Waals surface area contributed by atoms with Crippen LogP contribution >= 0.6 is 0 Å². The maximum Gasteiger partial charge on any atom is 0.221 e. The molecule has 2 aromatic rings. The Labute approximate surface area is 148 Å². The number of pyridine rings is 1. The highest BCUT2D eigenvalue weighted by Crippen LogP contribution is 2.08. The molecule has 0 atom stereocenters. The van der Waals surface area contributed by atoms with Crippen molar-refractivity contribution in [2.24, 2.45) is 0 Å². The van der Waals surface area contributed by atoms with Gasteiger partial charge in [-0.1, -0.05) is 30.3 Å². The highest BCUT2D eigenvalue weighted by Gasteiger charge is 2.18. The molecule has 0 radical (unpaired) electrons. The summed E-state index contributed by atoms with van der Waals surface area (Å²) in [6.45, 7) is 0.920. The molecule has 1 heterocycles. The molecule has 1 N–H and O–H groups in total. The van der Waals surface area contributed by atoms with Crippen molar-refractivity contribution in [1.82, 2.24) is 14.6 Å². The highest BCUT2D eigenvalue weighted by molar-refractivity contribution is 7.88. The molecule has 0 unspecified atom stereocenters. The van der Waals surface area contributed by atoms with Gasteiger partial charge in [-0.25, -0.2) is 8.42 Å². The second-order valence-corrected chi connectivity index (χ2v) is 7.77. The summed E-state index contributed by atoms with van der Waals surface area (Å²) < 4.78 is 25.2. The maximum absolute atomic E-state index is 12.0. The van der Waals surface area contributed by atoms with Crippen LogP contribution in [0, 0.1) is 0 Å². The van der Waals surface area contributed by atoms with E-state index in [-0.39, 0.29) is 25.4 Å². The summed E-state index contributed by atoms with van der Waals surface area (Å²) in [5.41, 5.74) is 1.99. The molecule has 0 saturated heterocycles. The molecular formula is C18H23N3O3S. The molecular weight excluding hydrogens is 338 g/mol. The molecule has 1 amide bonds. The number of hydrogen-bond acceptors (Lipinski definition) is 4. The van der Waals surface area contributed by atoms with Crippen molar-refractivity contribution in [3.05, 3.63) is 66.0 Å². The minimum absolute atomic E-state index is 0.132. The molecule has 0 aliphatic heterocycles. The zero-order chi connectivity index (χ0) is 18.1. The van der Waals surface area contributed by atoms with E-state index in [1.807, 2.05) is 30.3 Å². The van der Waals surface area contributed by atoms with Gasteiger partial charge < -0.3 is 5.32 Å². The van der Waals surface area contributed by atoms with Gasteiger partial charge in [0.1, 0.15) is 0 Å². The Morgan fingerprint density at radius 1 is 1.08 bits per heavy atom. The fraction of sp³-hybridized carbons (Fsp3) is 0.333. The molecule has 2 rings (SSSR count). The van der Waals surface area contributed by atoms with Crippen molar-refractivity contribution in [2.45, 2.75) is 19.4 Å². The second-order valence-electron chi connectivity index (χ2n) is 5.79. The van der Waals surface area contributed by atoms with Gasteiger partial charge >= 0.3 is 0 Å². The summed E-state index contributed by atoms with van der Waals surface area (Å²) in [7, 11) is -3.39. The van der Waals surface area contributed by atoms with Crippen LogP contribution in [0.2, 0.25) is 0 Å². The van der Waals surface area contributed by atoms with E-state index in [0.29, 0.717) is 6.54 Å². The number of carbonyl (C=O) groups excluding carboxylic acids is 1. The number of hydrogen-bond donors (Lipinski definition) is 1. The molecule has 0 aliphatic rings. The monoisotopic (exact) mass is 361 g/mol. The third-order valence-corrected chi connectivity index (χ3v) is 4.99. The molecule has 0 fully saturated rings. The molecule has 0 saturated carbocycles. The fourth-order valence-corrected chi connectivity index (χ4v) is 3.17. The molecule has 6 nitrogen and oxygen atoms in total. The third-order valence-electron chi connectivity index (χ3n) is 3.74. The number of aromatic nitrogens is 1. The number of sulfonamides is 1. The van der Waals surface area contributed by atoms with Crippen LogP contribution in [0.15, 0.2) is 54.9 Å². The van der Waals surface area contributed by atoms with Crippen LogP contribution in [0.1, 0.15) is 17.5 Å². The lowest BCUT2D eigenvalue weighted by Crippen LogP contribution is -2.34. The van der Waals surface area contributed by atoms with Gasteiger partial charge in [0, 0.05) is 38.4 Å². The van der Waals surface area contributed by atoms with Crippen molar-refractivity contribution < 1.29 is 13.2 Å². The predicted molar refractivity (Wildman–Crippen MR) is 97.3 cm³/mol. The van der Waals surface area contributed by atoms with Gasteiger partial charge in [0.25, 0.3) is 0 Å². The summed E-state index contributed by atoms with van der Waals surface area (Å²) in [4.78, 5) is 15.9. The van der Waals surface area contributed by atoms with Crippen molar-refractivity contribution >= 4 is 15.9 Å². The van der Waals surface area contributed by atoms with E-state index in [4.69, 9.17) is 0 Å². The quantitative estimate of drug-likeness (QED) is 0.736. The van der Waals surface area contributed by atoms with Crippen molar-refractivity contribution in [3.63, 3.8) is 0 Å². The van der Waals surface area contributed by atoms with E-state index in [0.717, 1.165) is 23.8 Å². The van der Waals surface area contributed by atoms with Crippen molar-refractivity contribution in [2.75, 3.05) is 19.3 Å². The largest absolute Gasteiger partial charge is 0.356 e. The Hall–Kier alpha value is -2.25. The van der Waals surface area contributed by atoms with E-state index < -0.39 is 10.0 Å². The first-order valence-corrected chi connectivity index (χ1v) is 9.94. The highest BCUT2D eigenvalue weighted by atomic mass is 32.2. The summed E-state index contributed by atoms with van der Waals surface area (Å²) >= 11 is 0. The van der Waals surface area contributed by atoms with Crippen LogP contribution in [0.3, 0.4) is 0 Å². The second kappa shape index (κ2) is 9.29. The van der Waals surface area contributed by atoms with E-state index in [1.165, 1.54) is 4.31 Å². The van der Waals surface area contributed by atoms with Gasteiger partial charge in [0.05, 0.1) is 6.26 Å². The lowest BCUT2D eigenvalue weighted by molar-refractivity contribution is -0.121. The van der Waals surface area contributed by atoms with Crippen molar-refractivity contribution in [1.29, 1.82) is 0 Å². The minimum atomic E-state index is -3.39. The smallest absolute Gasteiger partial charge is 0.221 e. The lowest BCUT2D eigenvalue weighted by Gasteiger charge is -2.19. The number of nitrogens with one attached hydrogen (secondary N) is 1. The molecule has 1 aromatic heterocycles. The Kier molecular flexibility index (Phi) is 7.09. The van der Waals surface area contributed by atoms with E-state index >= 15 is 0 Å². The van der Waals surface area contributed by atoms with Crippen LogP contribution in [-0.4, -0.2) is 43.0 Å². The summed E-state index contributed by atoms with van der Waals surface area (Å²) in [5, 5.41) is 2.83. The fourth-order valence-electron chi connectivity index (χ4n) is 2.36. The summed E-state index contributed by atoms with van der Waals surface area (Å²) in [6, 6.07) is 13.4. The number of rotatable bonds is 9. The first kappa shape index (κ1) is 19.1. The predicted octanol–water partition coefficient (Wildman–Crippen LogP) is 1.59. The molecule has 25 heavy (non-hydrogen) atoms. The normalized spacial score (nSPS) is 11.4. The van der Waals surface area contributed by atoms with E-state index in [2.05, 4.69) is 10.3 Å². The Morgan fingerprint density at radius 3 is 2.40 bits per heavy atom. The topological polar surface area (TPSA) is 79.4 Å². The molecule has 1 aromatic carbocycles. The van der Waals surface area contributed by atoms with Crippen LogP contribution in [-0.2, 0) is 27.8 Å². The zero-order valence-electron chi connectivity index (χ0n) is 14.3. The van der Waals surface area contributed by atoms with Crippen LogP contribution < -0.4 is 5.32 Å². The van der Waals surface area contributed by atoms with Crippen LogP contribution in [0.5, 0.6) is 0 Å². The molecule has 7 heteroatoms. The summed E-state index contributed by atoms with van der Waals surface area (Å²) in [5.74, 6) is -0.153. The average molecular weight is 361 g/mol. The van der Waals surface area contributed by atoms with Crippen LogP contribution in [0.4, 0.5) is 0 Å². The van der Waals surface area contributed by atoms with Gasteiger partial charge in [-0.05, 0) is 29.7 Å². The molecule has 0 aliphatic carbocycles. The Bertz CT molecular complexity index is 765. The minimum Gasteiger partial charge on any atom is -0.356 e. The number of amides is 1. The number of benzene rings is 1. The third kappa shape index (κ3) is 7.03. The maximum atomic E-state index is 12.0. The van der Waals surface area contributed by atoms with Gasteiger partial charge in [0.2, 0.25) is 15.9 Å². The molecule has 0 spiro atoms. The van der Waals surface area contributed by atoms with Gasteiger partial charge in [-0.2, -0.15) is 4.31 Å².